The van der Waals surface area contributed by atoms with E-state index in [0.717, 1.165) is 5.56 Å². The van der Waals surface area contributed by atoms with Crippen molar-refractivity contribution in [2.75, 3.05) is 5.32 Å². The van der Waals surface area contributed by atoms with Crippen molar-refractivity contribution in [1.82, 2.24) is 9.97 Å². The lowest BCUT2D eigenvalue weighted by Crippen LogP contribution is -2.16. The van der Waals surface area contributed by atoms with Crippen molar-refractivity contribution >= 4 is 46.6 Å². The van der Waals surface area contributed by atoms with E-state index in [1.54, 1.807) is 18.2 Å². The summed E-state index contributed by atoms with van der Waals surface area (Å²) in [6.07, 6.45) is 1.45. The number of aromatic nitrogens is 2. The van der Waals surface area contributed by atoms with Crippen LogP contribution >= 0.6 is 35.0 Å². The largest absolute Gasteiger partial charge is 0.320 e. The number of anilines is 1. The number of carbonyl (C=O) groups excluding carboxylic acids is 1. The highest BCUT2D eigenvalue weighted by molar-refractivity contribution is 7.98. The first-order chi connectivity index (χ1) is 12.9. The SMILES string of the molecule is Cc1cccc(CSc2ncc(Cl)c(C(=O)Nc3cccc(Cl)c3C)n2)c1. The molecule has 0 fully saturated rings. The number of aryl methyl sites for hydroxylation is 1. The van der Waals surface area contributed by atoms with Crippen molar-refractivity contribution in [3.63, 3.8) is 0 Å². The van der Waals surface area contributed by atoms with Gasteiger partial charge in [0.2, 0.25) is 0 Å². The second kappa shape index (κ2) is 8.74. The van der Waals surface area contributed by atoms with Crippen LogP contribution in [0, 0.1) is 13.8 Å². The smallest absolute Gasteiger partial charge is 0.275 e. The lowest BCUT2D eigenvalue weighted by atomic mass is 10.2. The molecule has 0 unspecified atom stereocenters. The van der Waals surface area contributed by atoms with Crippen molar-refractivity contribution in [3.8, 4) is 0 Å². The fourth-order valence-electron chi connectivity index (χ4n) is 2.45. The van der Waals surface area contributed by atoms with E-state index in [4.69, 9.17) is 23.2 Å². The molecule has 27 heavy (non-hydrogen) atoms. The van der Waals surface area contributed by atoms with Crippen molar-refractivity contribution < 1.29 is 4.79 Å². The Morgan fingerprint density at radius 1 is 1.11 bits per heavy atom. The molecule has 1 N–H and O–H groups in total. The maximum atomic E-state index is 12.6. The average Bonchev–Trinajstić information content (AvgIpc) is 2.65. The lowest BCUT2D eigenvalue weighted by molar-refractivity contribution is 0.102. The number of halogens is 2. The molecule has 1 amide bonds. The Morgan fingerprint density at radius 2 is 1.89 bits per heavy atom. The summed E-state index contributed by atoms with van der Waals surface area (Å²) >= 11 is 13.7. The molecule has 0 spiro atoms. The van der Waals surface area contributed by atoms with Crippen LogP contribution in [-0.2, 0) is 5.75 Å². The van der Waals surface area contributed by atoms with E-state index < -0.39 is 5.91 Å². The van der Waals surface area contributed by atoms with Crippen LogP contribution in [0.2, 0.25) is 10.0 Å². The number of hydrogen-bond acceptors (Lipinski definition) is 4. The zero-order valence-corrected chi connectivity index (χ0v) is 17.1. The third-order valence-electron chi connectivity index (χ3n) is 3.90. The fourth-order valence-corrected chi connectivity index (χ4v) is 3.56. The molecule has 0 aliphatic heterocycles. The van der Waals surface area contributed by atoms with Crippen LogP contribution < -0.4 is 5.32 Å². The predicted molar refractivity (Wildman–Crippen MR) is 112 cm³/mol. The highest BCUT2D eigenvalue weighted by atomic mass is 35.5. The van der Waals surface area contributed by atoms with Crippen LogP contribution in [0.3, 0.4) is 0 Å². The molecular weight excluding hydrogens is 401 g/mol. The highest BCUT2D eigenvalue weighted by Crippen LogP contribution is 2.25. The van der Waals surface area contributed by atoms with Gasteiger partial charge in [-0.3, -0.25) is 4.79 Å². The molecule has 4 nitrogen and oxygen atoms in total. The molecule has 3 rings (SSSR count). The van der Waals surface area contributed by atoms with E-state index in [1.165, 1.54) is 29.1 Å². The van der Waals surface area contributed by atoms with Crippen molar-refractivity contribution in [2.24, 2.45) is 0 Å². The Kier molecular flexibility index (Phi) is 6.37. The first-order valence-corrected chi connectivity index (χ1v) is 9.95. The van der Waals surface area contributed by atoms with Crippen molar-refractivity contribution in [2.45, 2.75) is 24.8 Å². The normalized spacial score (nSPS) is 10.7. The van der Waals surface area contributed by atoms with Crippen LogP contribution in [0.5, 0.6) is 0 Å². The molecule has 138 valence electrons. The topological polar surface area (TPSA) is 54.9 Å². The fraction of sp³-hybridized carbons (Fsp3) is 0.150. The van der Waals surface area contributed by atoms with Crippen LogP contribution in [-0.4, -0.2) is 15.9 Å². The number of nitrogens with one attached hydrogen (secondary N) is 1. The van der Waals surface area contributed by atoms with Gasteiger partial charge in [-0.2, -0.15) is 0 Å². The molecule has 0 saturated heterocycles. The Bertz CT molecular complexity index is 995. The minimum Gasteiger partial charge on any atom is -0.320 e. The van der Waals surface area contributed by atoms with Gasteiger partial charge in [0.1, 0.15) is 0 Å². The molecule has 0 aliphatic carbocycles. The van der Waals surface area contributed by atoms with E-state index in [2.05, 4.69) is 21.4 Å². The van der Waals surface area contributed by atoms with Gasteiger partial charge < -0.3 is 5.32 Å². The van der Waals surface area contributed by atoms with Gasteiger partial charge in [-0.15, -0.1) is 0 Å². The quantitative estimate of drug-likeness (QED) is 0.411. The number of rotatable bonds is 5. The highest BCUT2D eigenvalue weighted by Gasteiger charge is 2.16. The standard InChI is InChI=1S/C20H17Cl2N3OS/c1-12-5-3-6-14(9-12)11-27-20-23-10-16(22)18(25-20)19(26)24-17-8-4-7-15(21)13(17)2/h3-10H,11H2,1-2H3,(H,24,26). The minimum atomic E-state index is -0.398. The van der Waals surface area contributed by atoms with E-state index >= 15 is 0 Å². The number of thioether (sulfide) groups is 1. The molecule has 2 aromatic carbocycles. The monoisotopic (exact) mass is 417 g/mol. The van der Waals surface area contributed by atoms with Crippen LogP contribution in [0.15, 0.2) is 53.8 Å². The molecule has 0 bridgehead atoms. The maximum absolute atomic E-state index is 12.6. The average molecular weight is 418 g/mol. The van der Waals surface area contributed by atoms with E-state index in [9.17, 15) is 4.79 Å². The van der Waals surface area contributed by atoms with Crippen LogP contribution in [0.25, 0.3) is 0 Å². The summed E-state index contributed by atoms with van der Waals surface area (Å²) in [5.74, 6) is 0.308. The molecule has 0 radical (unpaired) electrons. The molecule has 3 aromatic rings. The molecule has 1 heterocycles. The van der Waals surface area contributed by atoms with Gasteiger partial charge in [0.15, 0.2) is 10.9 Å². The molecule has 7 heteroatoms. The zero-order chi connectivity index (χ0) is 19.4. The van der Waals surface area contributed by atoms with Gasteiger partial charge in [-0.05, 0) is 37.1 Å². The Balaban J connectivity index is 1.76. The summed E-state index contributed by atoms with van der Waals surface area (Å²) in [6.45, 7) is 3.88. The van der Waals surface area contributed by atoms with Crippen LogP contribution in [0.1, 0.15) is 27.2 Å². The lowest BCUT2D eigenvalue weighted by Gasteiger charge is -2.10. The van der Waals surface area contributed by atoms with Gasteiger partial charge >= 0.3 is 0 Å². The zero-order valence-electron chi connectivity index (χ0n) is 14.8. The van der Waals surface area contributed by atoms with Gasteiger partial charge in [0, 0.05) is 16.5 Å². The van der Waals surface area contributed by atoms with Gasteiger partial charge in [0.25, 0.3) is 5.91 Å². The van der Waals surface area contributed by atoms with Gasteiger partial charge in [-0.1, -0.05) is 70.9 Å². The summed E-state index contributed by atoms with van der Waals surface area (Å²) < 4.78 is 0. The Morgan fingerprint density at radius 3 is 2.67 bits per heavy atom. The summed E-state index contributed by atoms with van der Waals surface area (Å²) in [5, 5.41) is 4.08. The number of amides is 1. The van der Waals surface area contributed by atoms with E-state index in [-0.39, 0.29) is 10.7 Å². The number of benzene rings is 2. The van der Waals surface area contributed by atoms with Crippen molar-refractivity contribution in [3.05, 3.63) is 81.1 Å². The van der Waals surface area contributed by atoms with Gasteiger partial charge in [0.05, 0.1) is 11.2 Å². The number of hydrogen-bond donors (Lipinski definition) is 1. The molecule has 1 aromatic heterocycles. The summed E-state index contributed by atoms with van der Waals surface area (Å²) in [5.41, 5.74) is 3.90. The minimum absolute atomic E-state index is 0.137. The second-order valence-electron chi connectivity index (χ2n) is 5.99. The van der Waals surface area contributed by atoms with Crippen molar-refractivity contribution in [1.29, 1.82) is 0 Å². The number of carbonyl (C=O) groups is 1. The van der Waals surface area contributed by atoms with Crippen LogP contribution in [0.4, 0.5) is 5.69 Å². The predicted octanol–water partition coefficient (Wildman–Crippen LogP) is 5.94. The molecule has 0 aliphatic rings. The van der Waals surface area contributed by atoms with E-state index in [0.29, 0.717) is 21.6 Å². The molecule has 0 saturated carbocycles. The maximum Gasteiger partial charge on any atom is 0.275 e. The van der Waals surface area contributed by atoms with E-state index in [1.807, 2.05) is 32.0 Å². The third-order valence-corrected chi connectivity index (χ3v) is 5.52. The molecular formula is C20H17Cl2N3OS. The molecule has 0 atom stereocenters. The first kappa shape index (κ1) is 19.7. The Labute approximate surface area is 172 Å². The Hall–Kier alpha value is -2.08. The third kappa shape index (κ3) is 5.01. The second-order valence-corrected chi connectivity index (χ2v) is 7.75. The summed E-state index contributed by atoms with van der Waals surface area (Å²) in [7, 11) is 0. The summed E-state index contributed by atoms with van der Waals surface area (Å²) in [6, 6.07) is 13.5. The van der Waals surface area contributed by atoms with Gasteiger partial charge in [-0.25, -0.2) is 9.97 Å². The summed E-state index contributed by atoms with van der Waals surface area (Å²) in [4.78, 5) is 21.2. The first-order valence-electron chi connectivity index (χ1n) is 8.21. The number of nitrogens with zero attached hydrogens (tertiary/aromatic N) is 2.